The van der Waals surface area contributed by atoms with Crippen molar-refractivity contribution in [1.82, 2.24) is 4.90 Å². The highest BCUT2D eigenvalue weighted by Gasteiger charge is 2.25. The van der Waals surface area contributed by atoms with Gasteiger partial charge in [-0.3, -0.25) is 15.0 Å². The van der Waals surface area contributed by atoms with Gasteiger partial charge in [0.05, 0.1) is 4.92 Å². The summed E-state index contributed by atoms with van der Waals surface area (Å²) in [6.45, 7) is 6.34. The molecule has 5 nitrogen and oxygen atoms in total. The molecule has 0 bridgehead atoms. The average Bonchev–Trinajstić information content (AvgIpc) is 2.46. The van der Waals surface area contributed by atoms with Gasteiger partial charge in [-0.05, 0) is 51.3 Å². The van der Waals surface area contributed by atoms with Crippen LogP contribution in [-0.4, -0.2) is 29.0 Å². The molecular formula is C15H23N3O2. The number of benzene rings is 1. The van der Waals surface area contributed by atoms with Crippen molar-refractivity contribution in [2.24, 2.45) is 11.7 Å². The summed E-state index contributed by atoms with van der Waals surface area (Å²) in [6.07, 6.45) is 2.27. The predicted octanol–water partition coefficient (Wildman–Crippen LogP) is 2.72. The lowest BCUT2D eigenvalue weighted by Gasteiger charge is -2.37. The van der Waals surface area contributed by atoms with E-state index < -0.39 is 0 Å². The van der Waals surface area contributed by atoms with Gasteiger partial charge in [-0.25, -0.2) is 0 Å². The van der Waals surface area contributed by atoms with Crippen molar-refractivity contribution in [2.45, 2.75) is 38.8 Å². The van der Waals surface area contributed by atoms with Crippen LogP contribution in [-0.2, 0) is 0 Å². The monoisotopic (exact) mass is 277 g/mol. The molecule has 0 spiro atoms. The third-order valence-corrected chi connectivity index (χ3v) is 4.45. The van der Waals surface area contributed by atoms with Gasteiger partial charge in [0.25, 0.3) is 5.69 Å². The van der Waals surface area contributed by atoms with Gasteiger partial charge in [-0.15, -0.1) is 0 Å². The SMILES string of the molecule is CC(N)C1CCN(C(C)c2ccc([N+](=O)[O-])cc2)CC1. The van der Waals surface area contributed by atoms with Crippen LogP contribution in [0.15, 0.2) is 24.3 Å². The second kappa shape index (κ2) is 6.33. The summed E-state index contributed by atoms with van der Waals surface area (Å²) in [7, 11) is 0. The minimum absolute atomic E-state index is 0.150. The highest BCUT2D eigenvalue weighted by atomic mass is 16.6. The van der Waals surface area contributed by atoms with Gasteiger partial charge < -0.3 is 5.73 Å². The summed E-state index contributed by atoms with van der Waals surface area (Å²) in [5, 5.41) is 10.7. The van der Waals surface area contributed by atoms with E-state index in [0.717, 1.165) is 31.5 Å². The van der Waals surface area contributed by atoms with E-state index in [9.17, 15) is 10.1 Å². The number of nitro benzene ring substituents is 1. The predicted molar refractivity (Wildman–Crippen MR) is 79.5 cm³/mol. The molecule has 0 amide bonds. The summed E-state index contributed by atoms with van der Waals surface area (Å²) in [5.74, 6) is 0.621. The lowest BCUT2D eigenvalue weighted by atomic mass is 9.90. The minimum atomic E-state index is -0.359. The molecule has 1 saturated heterocycles. The Morgan fingerprint density at radius 1 is 1.25 bits per heavy atom. The molecule has 2 atom stereocenters. The molecule has 1 fully saturated rings. The number of hydrogen-bond acceptors (Lipinski definition) is 4. The zero-order valence-corrected chi connectivity index (χ0v) is 12.2. The lowest BCUT2D eigenvalue weighted by molar-refractivity contribution is -0.384. The fourth-order valence-corrected chi connectivity index (χ4v) is 2.92. The molecule has 1 aliphatic rings. The first-order valence-corrected chi connectivity index (χ1v) is 7.23. The molecule has 0 aromatic heterocycles. The third kappa shape index (κ3) is 3.35. The van der Waals surface area contributed by atoms with E-state index in [1.165, 1.54) is 0 Å². The highest BCUT2D eigenvalue weighted by molar-refractivity contribution is 5.34. The van der Waals surface area contributed by atoms with E-state index >= 15 is 0 Å². The summed E-state index contributed by atoms with van der Waals surface area (Å²) in [4.78, 5) is 12.7. The fraction of sp³-hybridized carbons (Fsp3) is 0.600. The molecule has 5 heteroatoms. The second-order valence-corrected chi connectivity index (χ2v) is 5.76. The van der Waals surface area contributed by atoms with E-state index in [0.29, 0.717) is 12.0 Å². The number of nitrogens with zero attached hydrogens (tertiary/aromatic N) is 2. The zero-order chi connectivity index (χ0) is 14.7. The molecule has 1 aliphatic heterocycles. The number of likely N-dealkylation sites (tertiary alicyclic amines) is 1. The summed E-state index contributed by atoms with van der Waals surface area (Å²) in [5.41, 5.74) is 7.25. The molecule has 2 rings (SSSR count). The van der Waals surface area contributed by atoms with Crippen molar-refractivity contribution in [3.8, 4) is 0 Å². The van der Waals surface area contributed by atoms with Gasteiger partial charge in [-0.2, -0.15) is 0 Å². The standard InChI is InChI=1S/C15H23N3O2/c1-11(16)13-7-9-17(10-8-13)12(2)14-3-5-15(6-4-14)18(19)20/h3-6,11-13H,7-10,16H2,1-2H3. The maximum atomic E-state index is 10.7. The number of nitro groups is 1. The van der Waals surface area contributed by atoms with Crippen LogP contribution in [0, 0.1) is 16.0 Å². The highest BCUT2D eigenvalue weighted by Crippen LogP contribution is 2.28. The maximum absolute atomic E-state index is 10.7. The largest absolute Gasteiger partial charge is 0.328 e. The number of piperidine rings is 1. The Balaban J connectivity index is 1.98. The van der Waals surface area contributed by atoms with Crippen molar-refractivity contribution in [1.29, 1.82) is 0 Å². The Bertz CT molecular complexity index is 451. The van der Waals surface area contributed by atoms with Crippen molar-refractivity contribution < 1.29 is 4.92 Å². The molecule has 1 heterocycles. The molecule has 0 radical (unpaired) electrons. The van der Waals surface area contributed by atoms with E-state index in [4.69, 9.17) is 5.73 Å². The van der Waals surface area contributed by atoms with Crippen LogP contribution < -0.4 is 5.73 Å². The fourth-order valence-electron chi connectivity index (χ4n) is 2.92. The first-order valence-electron chi connectivity index (χ1n) is 7.23. The molecule has 2 unspecified atom stereocenters. The summed E-state index contributed by atoms with van der Waals surface area (Å²) < 4.78 is 0. The number of nitrogens with two attached hydrogens (primary N) is 1. The Kier molecular flexibility index (Phi) is 4.73. The van der Waals surface area contributed by atoms with Crippen molar-refractivity contribution in [3.05, 3.63) is 39.9 Å². The van der Waals surface area contributed by atoms with Gasteiger partial charge >= 0.3 is 0 Å². The molecule has 1 aromatic carbocycles. The molecule has 1 aromatic rings. The zero-order valence-electron chi connectivity index (χ0n) is 12.2. The maximum Gasteiger partial charge on any atom is 0.269 e. The quantitative estimate of drug-likeness (QED) is 0.678. The van der Waals surface area contributed by atoms with Crippen LogP contribution in [0.2, 0.25) is 0 Å². The van der Waals surface area contributed by atoms with Crippen molar-refractivity contribution >= 4 is 5.69 Å². The topological polar surface area (TPSA) is 72.4 Å². The molecule has 2 N–H and O–H groups in total. The Hall–Kier alpha value is -1.46. The van der Waals surface area contributed by atoms with E-state index in [2.05, 4.69) is 18.7 Å². The van der Waals surface area contributed by atoms with E-state index in [1.54, 1.807) is 12.1 Å². The smallest absolute Gasteiger partial charge is 0.269 e. The van der Waals surface area contributed by atoms with Gasteiger partial charge in [0.1, 0.15) is 0 Å². The summed E-state index contributed by atoms with van der Waals surface area (Å²) >= 11 is 0. The van der Waals surface area contributed by atoms with Gasteiger partial charge in [0, 0.05) is 24.2 Å². The van der Waals surface area contributed by atoms with Crippen LogP contribution in [0.25, 0.3) is 0 Å². The molecule has 110 valence electrons. The average molecular weight is 277 g/mol. The van der Waals surface area contributed by atoms with Crippen LogP contribution in [0.4, 0.5) is 5.69 Å². The third-order valence-electron chi connectivity index (χ3n) is 4.45. The normalized spacial score (nSPS) is 20.6. The first-order chi connectivity index (χ1) is 9.49. The van der Waals surface area contributed by atoms with Gasteiger partial charge in [-0.1, -0.05) is 12.1 Å². The minimum Gasteiger partial charge on any atom is -0.328 e. The van der Waals surface area contributed by atoms with Gasteiger partial charge in [0.2, 0.25) is 0 Å². The summed E-state index contributed by atoms with van der Waals surface area (Å²) in [6, 6.07) is 7.46. The lowest BCUT2D eigenvalue weighted by Crippen LogP contribution is -2.40. The second-order valence-electron chi connectivity index (χ2n) is 5.76. The number of non-ortho nitro benzene ring substituents is 1. The van der Waals surface area contributed by atoms with Gasteiger partial charge in [0.15, 0.2) is 0 Å². The van der Waals surface area contributed by atoms with E-state index in [-0.39, 0.29) is 16.7 Å². The molecule has 20 heavy (non-hydrogen) atoms. The van der Waals surface area contributed by atoms with Crippen LogP contribution in [0.3, 0.4) is 0 Å². The Morgan fingerprint density at radius 3 is 2.25 bits per heavy atom. The van der Waals surface area contributed by atoms with Crippen molar-refractivity contribution in [2.75, 3.05) is 13.1 Å². The van der Waals surface area contributed by atoms with Crippen LogP contribution in [0.1, 0.15) is 38.3 Å². The Morgan fingerprint density at radius 2 is 1.80 bits per heavy atom. The van der Waals surface area contributed by atoms with Crippen molar-refractivity contribution in [3.63, 3.8) is 0 Å². The van der Waals surface area contributed by atoms with E-state index in [1.807, 2.05) is 12.1 Å². The molecular weight excluding hydrogens is 254 g/mol. The van der Waals surface area contributed by atoms with Crippen LogP contribution >= 0.6 is 0 Å². The molecule has 0 saturated carbocycles. The Labute approximate surface area is 119 Å². The number of rotatable bonds is 4. The number of hydrogen-bond donors (Lipinski definition) is 1. The van der Waals surface area contributed by atoms with Crippen LogP contribution in [0.5, 0.6) is 0 Å². The molecule has 0 aliphatic carbocycles. The first kappa shape index (κ1) is 14.9.